The van der Waals surface area contributed by atoms with Gasteiger partial charge in [-0.3, -0.25) is 9.36 Å². The Balaban J connectivity index is 1.84. The number of rotatable bonds is 2. The molecular weight excluding hydrogens is 306 g/mol. The summed E-state index contributed by atoms with van der Waals surface area (Å²) in [6, 6.07) is 1.55. The SMILES string of the molecule is CCOC(=O)N1CCC(n2c(=O)[nH]c3ccsc3c2=O)CC1. The van der Waals surface area contributed by atoms with E-state index in [1.54, 1.807) is 23.3 Å². The third-order valence-corrected chi connectivity index (χ3v) is 4.80. The number of aromatic amines is 1. The number of hydrogen-bond acceptors (Lipinski definition) is 5. The first-order valence-electron chi connectivity index (χ1n) is 7.25. The third-order valence-electron chi connectivity index (χ3n) is 3.89. The van der Waals surface area contributed by atoms with Crippen LogP contribution in [-0.4, -0.2) is 40.2 Å². The lowest BCUT2D eigenvalue weighted by Crippen LogP contribution is -2.45. The Morgan fingerprint density at radius 2 is 2.14 bits per heavy atom. The summed E-state index contributed by atoms with van der Waals surface area (Å²) in [5, 5.41) is 1.79. The summed E-state index contributed by atoms with van der Waals surface area (Å²) < 4.78 is 6.82. The fourth-order valence-electron chi connectivity index (χ4n) is 2.80. The number of nitrogens with one attached hydrogen (secondary N) is 1. The molecule has 3 heterocycles. The molecule has 0 unspecified atom stereocenters. The first-order valence-corrected chi connectivity index (χ1v) is 8.13. The molecule has 1 aliphatic rings. The first-order chi connectivity index (χ1) is 10.6. The number of nitrogens with zero attached hydrogens (tertiary/aromatic N) is 2. The van der Waals surface area contributed by atoms with Crippen molar-refractivity contribution < 1.29 is 9.53 Å². The standard InChI is InChI=1S/C14H17N3O4S/c1-2-21-14(20)16-6-3-9(4-7-16)17-12(18)11-10(5-8-22-11)15-13(17)19/h5,8-9H,2-4,6-7H2,1H3,(H,15,19). The number of piperidine rings is 1. The average Bonchev–Trinajstić information content (AvgIpc) is 2.96. The van der Waals surface area contributed by atoms with Crippen molar-refractivity contribution in [3.63, 3.8) is 0 Å². The molecule has 1 saturated heterocycles. The molecule has 0 radical (unpaired) electrons. The Kier molecular flexibility index (Phi) is 4.02. The molecule has 0 spiro atoms. The van der Waals surface area contributed by atoms with Crippen molar-refractivity contribution in [2.75, 3.05) is 19.7 Å². The highest BCUT2D eigenvalue weighted by atomic mass is 32.1. The number of carbonyl (C=O) groups is 1. The second-order valence-corrected chi connectivity index (χ2v) is 6.10. The monoisotopic (exact) mass is 323 g/mol. The molecule has 1 aliphatic heterocycles. The molecule has 1 amide bonds. The van der Waals surface area contributed by atoms with Gasteiger partial charge in [-0.2, -0.15) is 0 Å². The molecule has 3 rings (SSSR count). The van der Waals surface area contributed by atoms with E-state index >= 15 is 0 Å². The van der Waals surface area contributed by atoms with E-state index in [2.05, 4.69) is 4.98 Å². The van der Waals surface area contributed by atoms with Gasteiger partial charge in [0.2, 0.25) is 0 Å². The van der Waals surface area contributed by atoms with Gasteiger partial charge in [0.25, 0.3) is 5.56 Å². The molecule has 118 valence electrons. The topological polar surface area (TPSA) is 84.4 Å². The predicted octanol–water partition coefficient (Wildman–Crippen LogP) is 1.54. The van der Waals surface area contributed by atoms with Gasteiger partial charge in [-0.1, -0.05) is 0 Å². The van der Waals surface area contributed by atoms with Crippen LogP contribution in [0.4, 0.5) is 4.79 Å². The molecular formula is C14H17N3O4S. The minimum Gasteiger partial charge on any atom is -0.450 e. The summed E-state index contributed by atoms with van der Waals surface area (Å²) in [6.07, 6.45) is 0.799. The van der Waals surface area contributed by atoms with Gasteiger partial charge in [0.1, 0.15) is 4.70 Å². The fourth-order valence-corrected chi connectivity index (χ4v) is 3.59. The molecule has 0 atom stereocenters. The van der Waals surface area contributed by atoms with E-state index in [0.29, 0.717) is 42.8 Å². The van der Waals surface area contributed by atoms with Crippen molar-refractivity contribution in [1.29, 1.82) is 0 Å². The van der Waals surface area contributed by atoms with E-state index in [9.17, 15) is 14.4 Å². The van der Waals surface area contributed by atoms with E-state index in [-0.39, 0.29) is 23.4 Å². The van der Waals surface area contributed by atoms with Gasteiger partial charge in [-0.15, -0.1) is 11.3 Å². The highest BCUT2D eigenvalue weighted by Crippen LogP contribution is 2.21. The molecule has 0 saturated carbocycles. The van der Waals surface area contributed by atoms with Gasteiger partial charge in [0.05, 0.1) is 12.1 Å². The summed E-state index contributed by atoms with van der Waals surface area (Å²) in [4.78, 5) is 40.7. The molecule has 7 nitrogen and oxygen atoms in total. The molecule has 2 aromatic rings. The van der Waals surface area contributed by atoms with Gasteiger partial charge >= 0.3 is 11.8 Å². The van der Waals surface area contributed by atoms with E-state index in [4.69, 9.17) is 4.74 Å². The van der Waals surface area contributed by atoms with Crippen molar-refractivity contribution in [1.82, 2.24) is 14.5 Å². The van der Waals surface area contributed by atoms with Crippen LogP contribution in [0.2, 0.25) is 0 Å². The maximum atomic E-state index is 12.5. The van der Waals surface area contributed by atoms with Gasteiger partial charge < -0.3 is 14.6 Å². The predicted molar refractivity (Wildman–Crippen MR) is 83.6 cm³/mol. The summed E-state index contributed by atoms with van der Waals surface area (Å²) in [5.74, 6) is 0. The maximum absolute atomic E-state index is 12.5. The van der Waals surface area contributed by atoms with E-state index in [1.165, 1.54) is 15.9 Å². The molecule has 2 aromatic heterocycles. The second kappa shape index (κ2) is 5.96. The Hall–Kier alpha value is -2.09. The number of hydrogen-bond donors (Lipinski definition) is 1. The van der Waals surface area contributed by atoms with Crippen LogP contribution in [0.25, 0.3) is 10.2 Å². The quantitative estimate of drug-likeness (QED) is 0.908. The minimum absolute atomic E-state index is 0.187. The lowest BCUT2D eigenvalue weighted by atomic mass is 10.1. The van der Waals surface area contributed by atoms with Crippen LogP contribution in [-0.2, 0) is 4.74 Å². The van der Waals surface area contributed by atoms with E-state index in [0.717, 1.165) is 0 Å². The van der Waals surface area contributed by atoms with Gasteiger partial charge in [-0.05, 0) is 31.2 Å². The lowest BCUT2D eigenvalue weighted by molar-refractivity contribution is 0.0920. The molecule has 8 heteroatoms. The molecule has 1 fully saturated rings. The van der Waals surface area contributed by atoms with Crippen molar-refractivity contribution in [2.24, 2.45) is 0 Å². The fraction of sp³-hybridized carbons (Fsp3) is 0.500. The van der Waals surface area contributed by atoms with E-state index < -0.39 is 0 Å². The zero-order chi connectivity index (χ0) is 15.7. The van der Waals surface area contributed by atoms with Crippen LogP contribution >= 0.6 is 11.3 Å². The number of fused-ring (bicyclic) bond motifs is 1. The van der Waals surface area contributed by atoms with Crippen LogP contribution < -0.4 is 11.2 Å². The Morgan fingerprint density at radius 3 is 2.82 bits per heavy atom. The number of carbonyl (C=O) groups excluding carboxylic acids is 1. The minimum atomic E-state index is -0.384. The second-order valence-electron chi connectivity index (χ2n) is 5.19. The molecule has 0 aliphatic carbocycles. The van der Waals surface area contributed by atoms with Crippen LogP contribution in [0.3, 0.4) is 0 Å². The van der Waals surface area contributed by atoms with E-state index in [1.807, 2.05) is 0 Å². The zero-order valence-electron chi connectivity index (χ0n) is 12.2. The lowest BCUT2D eigenvalue weighted by Gasteiger charge is -2.31. The summed E-state index contributed by atoms with van der Waals surface area (Å²) in [6.45, 7) is 3.07. The Labute approximate surface area is 130 Å². The van der Waals surface area contributed by atoms with Crippen LogP contribution in [0.5, 0.6) is 0 Å². The van der Waals surface area contributed by atoms with Crippen LogP contribution in [0.15, 0.2) is 21.0 Å². The molecule has 1 N–H and O–H groups in total. The molecule has 0 aromatic carbocycles. The Morgan fingerprint density at radius 1 is 1.41 bits per heavy atom. The number of aromatic nitrogens is 2. The summed E-state index contributed by atoms with van der Waals surface area (Å²) >= 11 is 1.32. The van der Waals surface area contributed by atoms with Gasteiger partial charge in [-0.25, -0.2) is 9.59 Å². The normalized spacial score (nSPS) is 16.1. The van der Waals surface area contributed by atoms with Crippen LogP contribution in [0.1, 0.15) is 25.8 Å². The highest BCUT2D eigenvalue weighted by Gasteiger charge is 2.26. The number of likely N-dealkylation sites (tertiary alicyclic amines) is 1. The number of H-pyrrole nitrogens is 1. The molecule has 0 bridgehead atoms. The van der Waals surface area contributed by atoms with Crippen molar-refractivity contribution in [3.05, 3.63) is 32.3 Å². The highest BCUT2D eigenvalue weighted by molar-refractivity contribution is 7.17. The molecule has 22 heavy (non-hydrogen) atoms. The van der Waals surface area contributed by atoms with Crippen molar-refractivity contribution in [3.8, 4) is 0 Å². The average molecular weight is 323 g/mol. The zero-order valence-corrected chi connectivity index (χ0v) is 13.0. The van der Waals surface area contributed by atoms with Gasteiger partial charge in [0.15, 0.2) is 0 Å². The van der Waals surface area contributed by atoms with Crippen molar-refractivity contribution >= 4 is 27.6 Å². The summed E-state index contributed by atoms with van der Waals surface area (Å²) in [7, 11) is 0. The summed E-state index contributed by atoms with van der Waals surface area (Å²) in [5.41, 5.74) is -0.0472. The number of ether oxygens (including phenoxy) is 1. The van der Waals surface area contributed by atoms with Crippen molar-refractivity contribution in [2.45, 2.75) is 25.8 Å². The van der Waals surface area contributed by atoms with Gasteiger partial charge in [0, 0.05) is 19.1 Å². The number of thiophene rings is 1. The maximum Gasteiger partial charge on any atom is 0.409 e. The number of amides is 1. The third kappa shape index (κ3) is 2.54. The Bertz CT molecular complexity index is 798. The van der Waals surface area contributed by atoms with Crippen LogP contribution in [0, 0.1) is 0 Å². The smallest absolute Gasteiger partial charge is 0.409 e. The first kappa shape index (κ1) is 14.8. The largest absolute Gasteiger partial charge is 0.450 e.